The molecule has 0 spiro atoms. The molecule has 0 fully saturated rings. The summed E-state index contributed by atoms with van der Waals surface area (Å²) in [6, 6.07) is 9.07. The van der Waals surface area contributed by atoms with Crippen molar-refractivity contribution in [2.24, 2.45) is 0 Å². The number of halogens is 3. The van der Waals surface area contributed by atoms with E-state index in [0.717, 1.165) is 23.4 Å². The minimum absolute atomic E-state index is 0.110. The normalized spacial score (nSPS) is 10.5. The summed E-state index contributed by atoms with van der Waals surface area (Å²) in [5.41, 5.74) is 0.553. The summed E-state index contributed by atoms with van der Waals surface area (Å²) in [7, 11) is 1.57. The maximum atomic E-state index is 13.6. The van der Waals surface area contributed by atoms with Crippen LogP contribution in [0.15, 0.2) is 36.4 Å². The lowest BCUT2D eigenvalue weighted by Gasteiger charge is -2.21. The van der Waals surface area contributed by atoms with Gasteiger partial charge in [-0.15, -0.1) is 0 Å². The number of amides is 2. The van der Waals surface area contributed by atoms with Gasteiger partial charge in [0.15, 0.2) is 17.5 Å². The first-order chi connectivity index (χ1) is 13.3. The highest BCUT2D eigenvalue weighted by molar-refractivity contribution is 5.91. The predicted molar refractivity (Wildman–Crippen MR) is 98.5 cm³/mol. The first-order valence-corrected chi connectivity index (χ1v) is 8.63. The standard InChI is InChI=1S/C20H21F3N2O3/c1-13(26)25(11-9-14-3-5-15(28-2)6-4-14)12-10-18(27)24-17-8-7-16(21)19(22)20(17)23/h3-8H,9-12H2,1-2H3,(H,24,27). The summed E-state index contributed by atoms with van der Waals surface area (Å²) in [5.74, 6) is -4.54. The van der Waals surface area contributed by atoms with Crippen molar-refractivity contribution < 1.29 is 27.5 Å². The maximum Gasteiger partial charge on any atom is 0.226 e. The fourth-order valence-electron chi connectivity index (χ4n) is 2.55. The molecule has 0 aliphatic heterocycles. The van der Waals surface area contributed by atoms with E-state index < -0.39 is 29.0 Å². The molecule has 0 heterocycles. The molecule has 2 amide bonds. The van der Waals surface area contributed by atoms with Gasteiger partial charge in [-0.2, -0.15) is 0 Å². The van der Waals surface area contributed by atoms with Crippen LogP contribution in [0, 0.1) is 17.5 Å². The van der Waals surface area contributed by atoms with E-state index in [9.17, 15) is 22.8 Å². The third kappa shape index (κ3) is 5.73. The molecule has 1 N–H and O–H groups in total. The molecule has 0 aromatic heterocycles. The zero-order valence-electron chi connectivity index (χ0n) is 15.6. The molecule has 0 aliphatic rings. The van der Waals surface area contributed by atoms with Crippen LogP contribution >= 0.6 is 0 Å². The van der Waals surface area contributed by atoms with Gasteiger partial charge in [-0.25, -0.2) is 13.2 Å². The SMILES string of the molecule is COc1ccc(CCN(CCC(=O)Nc2ccc(F)c(F)c2F)C(C)=O)cc1. The number of carbonyl (C=O) groups excluding carboxylic acids is 2. The predicted octanol–water partition coefficient (Wildman–Crippen LogP) is 3.53. The number of benzene rings is 2. The number of hydrogen-bond donors (Lipinski definition) is 1. The van der Waals surface area contributed by atoms with Crippen molar-refractivity contribution in [3.63, 3.8) is 0 Å². The van der Waals surface area contributed by atoms with Crippen molar-refractivity contribution in [1.82, 2.24) is 4.90 Å². The van der Waals surface area contributed by atoms with E-state index in [2.05, 4.69) is 5.32 Å². The largest absolute Gasteiger partial charge is 0.497 e. The smallest absolute Gasteiger partial charge is 0.226 e. The van der Waals surface area contributed by atoms with Gasteiger partial charge in [0, 0.05) is 26.4 Å². The van der Waals surface area contributed by atoms with Gasteiger partial charge < -0.3 is 15.0 Å². The summed E-state index contributed by atoms with van der Waals surface area (Å²) in [6.45, 7) is 1.90. The lowest BCUT2D eigenvalue weighted by Crippen LogP contribution is -2.33. The topological polar surface area (TPSA) is 58.6 Å². The quantitative estimate of drug-likeness (QED) is 0.697. The molecule has 28 heavy (non-hydrogen) atoms. The van der Waals surface area contributed by atoms with Gasteiger partial charge in [0.05, 0.1) is 12.8 Å². The number of carbonyl (C=O) groups is 2. The molecular weight excluding hydrogens is 373 g/mol. The molecule has 0 atom stereocenters. The summed E-state index contributed by atoms with van der Waals surface area (Å²) < 4.78 is 44.8. The molecule has 0 radical (unpaired) electrons. The molecule has 0 unspecified atom stereocenters. The van der Waals surface area contributed by atoms with Crippen LogP contribution in [0.1, 0.15) is 18.9 Å². The van der Waals surface area contributed by atoms with Gasteiger partial charge in [-0.05, 0) is 36.2 Å². The van der Waals surface area contributed by atoms with Crippen LogP contribution in [0.2, 0.25) is 0 Å². The monoisotopic (exact) mass is 394 g/mol. The van der Waals surface area contributed by atoms with E-state index in [1.807, 2.05) is 24.3 Å². The van der Waals surface area contributed by atoms with Gasteiger partial charge in [0.1, 0.15) is 5.75 Å². The average molecular weight is 394 g/mol. The maximum absolute atomic E-state index is 13.6. The van der Waals surface area contributed by atoms with Crippen LogP contribution in [0.25, 0.3) is 0 Å². The van der Waals surface area contributed by atoms with Crippen LogP contribution in [0.3, 0.4) is 0 Å². The Morgan fingerprint density at radius 3 is 2.29 bits per heavy atom. The van der Waals surface area contributed by atoms with Gasteiger partial charge in [-0.1, -0.05) is 12.1 Å². The third-order valence-electron chi connectivity index (χ3n) is 4.19. The van der Waals surface area contributed by atoms with Crippen molar-refractivity contribution in [3.05, 3.63) is 59.4 Å². The summed E-state index contributed by atoms with van der Waals surface area (Å²) in [6.07, 6.45) is 0.476. The highest BCUT2D eigenvalue weighted by Crippen LogP contribution is 2.19. The van der Waals surface area contributed by atoms with E-state index in [1.165, 1.54) is 11.8 Å². The van der Waals surface area contributed by atoms with E-state index in [0.29, 0.717) is 13.0 Å². The Morgan fingerprint density at radius 2 is 1.68 bits per heavy atom. The number of nitrogens with one attached hydrogen (secondary N) is 1. The number of ether oxygens (including phenoxy) is 1. The highest BCUT2D eigenvalue weighted by atomic mass is 19.2. The second-order valence-corrected chi connectivity index (χ2v) is 6.13. The Bertz CT molecular complexity index is 841. The Hall–Kier alpha value is -3.03. The van der Waals surface area contributed by atoms with Gasteiger partial charge in [0.2, 0.25) is 11.8 Å². The minimum atomic E-state index is -1.65. The summed E-state index contributed by atoms with van der Waals surface area (Å²) in [4.78, 5) is 25.3. The Morgan fingerprint density at radius 1 is 1.00 bits per heavy atom. The van der Waals surface area contributed by atoms with Crippen LogP contribution in [-0.2, 0) is 16.0 Å². The second-order valence-electron chi connectivity index (χ2n) is 6.13. The molecule has 150 valence electrons. The Kier molecular flexibility index (Phi) is 7.43. The highest BCUT2D eigenvalue weighted by Gasteiger charge is 2.16. The Balaban J connectivity index is 1.89. The summed E-state index contributed by atoms with van der Waals surface area (Å²) >= 11 is 0. The van der Waals surface area contributed by atoms with Crippen molar-refractivity contribution >= 4 is 17.5 Å². The average Bonchev–Trinajstić information content (AvgIpc) is 2.68. The van der Waals surface area contributed by atoms with Crippen molar-refractivity contribution in [2.45, 2.75) is 19.8 Å². The van der Waals surface area contributed by atoms with Gasteiger partial charge >= 0.3 is 0 Å². The molecule has 0 saturated heterocycles. The number of hydrogen-bond acceptors (Lipinski definition) is 3. The molecule has 0 aliphatic carbocycles. The first kappa shape index (κ1) is 21.3. The fourth-order valence-corrected chi connectivity index (χ4v) is 2.55. The van der Waals surface area contributed by atoms with Crippen LogP contribution in [-0.4, -0.2) is 36.9 Å². The molecule has 2 aromatic carbocycles. The number of nitrogens with zero attached hydrogens (tertiary/aromatic N) is 1. The molecule has 0 bridgehead atoms. The second kappa shape index (κ2) is 9.77. The first-order valence-electron chi connectivity index (χ1n) is 8.63. The molecule has 8 heteroatoms. The van der Waals surface area contributed by atoms with Crippen LogP contribution in [0.4, 0.5) is 18.9 Å². The lowest BCUT2D eigenvalue weighted by molar-refractivity contribution is -0.129. The fraction of sp³-hybridized carbons (Fsp3) is 0.300. The Labute approximate surface area is 161 Å². The van der Waals surface area contributed by atoms with Crippen molar-refractivity contribution in [1.29, 1.82) is 0 Å². The summed E-state index contributed by atoms with van der Waals surface area (Å²) in [5, 5.41) is 2.19. The minimum Gasteiger partial charge on any atom is -0.497 e. The molecule has 2 rings (SSSR count). The molecule has 2 aromatic rings. The zero-order valence-corrected chi connectivity index (χ0v) is 15.6. The molecular formula is C20H21F3N2O3. The van der Waals surface area contributed by atoms with Crippen LogP contribution in [0.5, 0.6) is 5.75 Å². The van der Waals surface area contributed by atoms with E-state index in [1.54, 1.807) is 7.11 Å². The molecule has 5 nitrogen and oxygen atoms in total. The number of rotatable bonds is 8. The lowest BCUT2D eigenvalue weighted by atomic mass is 10.1. The third-order valence-corrected chi connectivity index (χ3v) is 4.19. The van der Waals surface area contributed by atoms with Gasteiger partial charge in [0.25, 0.3) is 0 Å². The van der Waals surface area contributed by atoms with E-state index >= 15 is 0 Å². The number of anilines is 1. The molecule has 0 saturated carbocycles. The van der Waals surface area contributed by atoms with Crippen molar-refractivity contribution in [3.8, 4) is 5.75 Å². The number of methoxy groups -OCH3 is 1. The van der Waals surface area contributed by atoms with Crippen molar-refractivity contribution in [2.75, 3.05) is 25.5 Å². The van der Waals surface area contributed by atoms with E-state index in [-0.39, 0.29) is 18.9 Å². The van der Waals surface area contributed by atoms with E-state index in [4.69, 9.17) is 4.74 Å². The van der Waals surface area contributed by atoms with Gasteiger partial charge in [-0.3, -0.25) is 9.59 Å². The van der Waals surface area contributed by atoms with Crippen LogP contribution < -0.4 is 10.1 Å². The zero-order chi connectivity index (χ0) is 20.7.